The van der Waals surface area contributed by atoms with E-state index in [0.29, 0.717) is 12.8 Å². The molecule has 10 heteroatoms. The monoisotopic (exact) mass is 270 g/mol. The van der Waals surface area contributed by atoms with Crippen molar-refractivity contribution in [1.82, 2.24) is 0 Å². The molecule has 0 bridgehead atoms. The van der Waals surface area contributed by atoms with E-state index in [0.717, 1.165) is 0 Å². The quantitative estimate of drug-likeness (QED) is 0.252. The fourth-order valence-electron chi connectivity index (χ4n) is 1.07. The number of hydrogen-bond donors (Lipinski definition) is 0. The summed E-state index contributed by atoms with van der Waals surface area (Å²) in [5.41, 5.74) is 0. The summed E-state index contributed by atoms with van der Waals surface area (Å²) in [6, 6.07) is 0. The first-order valence-corrected chi connectivity index (χ1v) is 5.06. The summed E-state index contributed by atoms with van der Waals surface area (Å²) in [6.07, 6.45) is 0.124. The van der Waals surface area contributed by atoms with Gasteiger partial charge < -0.3 is 9.68 Å². The van der Waals surface area contributed by atoms with E-state index in [1.54, 1.807) is 0 Å². The zero-order valence-corrected chi connectivity index (χ0v) is 9.50. The van der Waals surface area contributed by atoms with Crippen LogP contribution < -0.4 is 0 Å². The number of nitrogens with zero attached hydrogens (tertiary/aromatic N) is 2. The molecule has 0 aromatic heterocycles. The topological polar surface area (TPSA) is 122 Å². The van der Waals surface area contributed by atoms with E-state index in [-0.39, 0.29) is 12.8 Å². The summed E-state index contributed by atoms with van der Waals surface area (Å²) in [4.78, 5) is 38.5. The first-order valence-electron chi connectivity index (χ1n) is 4.68. The summed E-state index contributed by atoms with van der Waals surface area (Å²) in [6.45, 7) is -0.525. The second-order valence-electron chi connectivity index (χ2n) is 3.07. The first-order chi connectivity index (χ1) is 7.91. The van der Waals surface area contributed by atoms with E-state index < -0.39 is 28.1 Å². The zero-order valence-electron chi connectivity index (χ0n) is 8.74. The minimum atomic E-state index is -1.06. The number of unbranched alkanes of at least 4 members (excludes halogenated alkanes) is 1. The normalized spacial score (nSPS) is 11.6. The van der Waals surface area contributed by atoms with Crippen molar-refractivity contribution in [3.05, 3.63) is 20.2 Å². The van der Waals surface area contributed by atoms with Gasteiger partial charge in [-0.05, 0) is 24.4 Å². The molecular formula is C7H11ClN2O7. The van der Waals surface area contributed by atoms with Crippen LogP contribution in [0.5, 0.6) is 0 Å². The van der Waals surface area contributed by atoms with Gasteiger partial charge >= 0.3 is 0 Å². The second kappa shape index (κ2) is 8.50. The molecule has 0 rings (SSSR count). The van der Waals surface area contributed by atoms with Crippen LogP contribution in [0.1, 0.15) is 25.7 Å². The maximum atomic E-state index is 10.4. The highest BCUT2D eigenvalue weighted by Gasteiger charge is 2.15. The van der Waals surface area contributed by atoms with E-state index in [9.17, 15) is 25.0 Å². The zero-order chi connectivity index (χ0) is 13.3. The minimum Gasteiger partial charge on any atom is -0.312 e. The lowest BCUT2D eigenvalue weighted by molar-refractivity contribution is -0.790. The molecule has 9 nitrogen and oxygen atoms in total. The lowest BCUT2D eigenvalue weighted by atomic mass is 10.1. The third-order valence-electron chi connectivity index (χ3n) is 1.75. The van der Waals surface area contributed by atoms with E-state index in [2.05, 4.69) is 9.68 Å². The highest BCUT2D eigenvalue weighted by atomic mass is 35.5. The van der Waals surface area contributed by atoms with Crippen LogP contribution in [0.4, 0.5) is 0 Å². The van der Waals surface area contributed by atoms with Crippen LogP contribution in [0.25, 0.3) is 0 Å². The summed E-state index contributed by atoms with van der Waals surface area (Å²) in [5, 5.41) is 17.4. The van der Waals surface area contributed by atoms with Crippen molar-refractivity contribution < 1.29 is 24.6 Å². The largest absolute Gasteiger partial charge is 0.312 e. The fraction of sp³-hybridized carbons (Fsp3) is 0.857. The molecule has 0 aliphatic heterocycles. The van der Waals surface area contributed by atoms with Gasteiger partial charge in [0.25, 0.3) is 10.2 Å². The van der Waals surface area contributed by atoms with Gasteiger partial charge in [0.1, 0.15) is 12.7 Å². The third kappa shape index (κ3) is 10.6. The predicted molar refractivity (Wildman–Crippen MR) is 54.1 cm³/mol. The molecule has 17 heavy (non-hydrogen) atoms. The lowest BCUT2D eigenvalue weighted by Gasteiger charge is -2.12. The summed E-state index contributed by atoms with van der Waals surface area (Å²) in [5.74, 6) is 0. The maximum absolute atomic E-state index is 10.4. The van der Waals surface area contributed by atoms with Crippen LogP contribution in [0.2, 0.25) is 0 Å². The van der Waals surface area contributed by atoms with Crippen molar-refractivity contribution in [2.45, 2.75) is 31.8 Å². The molecular weight excluding hydrogens is 260 g/mol. The molecule has 0 fully saturated rings. The van der Waals surface area contributed by atoms with E-state index >= 15 is 0 Å². The van der Waals surface area contributed by atoms with Crippen molar-refractivity contribution in [3.8, 4) is 0 Å². The number of halogens is 1. The number of carbonyl (C=O) groups excluding carboxylic acids is 1. The van der Waals surface area contributed by atoms with Crippen LogP contribution in [-0.4, -0.2) is 28.1 Å². The first kappa shape index (κ1) is 15.4. The van der Waals surface area contributed by atoms with Crippen molar-refractivity contribution >= 4 is 16.8 Å². The molecule has 0 heterocycles. The van der Waals surface area contributed by atoms with Gasteiger partial charge in [-0.3, -0.25) is 4.79 Å². The van der Waals surface area contributed by atoms with Crippen molar-refractivity contribution in [2.24, 2.45) is 0 Å². The Kier molecular flexibility index (Phi) is 7.68. The molecule has 0 saturated carbocycles. The Morgan fingerprint density at radius 3 is 2.35 bits per heavy atom. The van der Waals surface area contributed by atoms with Crippen molar-refractivity contribution in [1.29, 1.82) is 0 Å². The second-order valence-corrected chi connectivity index (χ2v) is 3.49. The maximum Gasteiger partial charge on any atom is 0.294 e. The molecule has 0 amide bonds. The van der Waals surface area contributed by atoms with Crippen molar-refractivity contribution in [2.75, 3.05) is 6.61 Å². The molecule has 0 aliphatic carbocycles. The van der Waals surface area contributed by atoms with Crippen molar-refractivity contribution in [3.63, 3.8) is 0 Å². The van der Waals surface area contributed by atoms with Crippen LogP contribution in [0.3, 0.4) is 0 Å². The Morgan fingerprint density at radius 2 is 1.88 bits per heavy atom. The minimum absolute atomic E-state index is 0.142. The average Bonchev–Trinajstić information content (AvgIpc) is 2.19. The Balaban J connectivity index is 3.88. The van der Waals surface area contributed by atoms with Gasteiger partial charge in [-0.1, -0.05) is 6.42 Å². The van der Waals surface area contributed by atoms with E-state index in [1.807, 2.05) is 0 Å². The SMILES string of the molecule is O=C(Cl)CCCCC(CO[N+](=O)[O-])O[N+](=O)[O-]. The third-order valence-corrected chi connectivity index (χ3v) is 1.94. The van der Waals surface area contributed by atoms with Gasteiger partial charge in [-0.25, -0.2) is 0 Å². The van der Waals surface area contributed by atoms with Gasteiger partial charge in [-0.15, -0.1) is 20.2 Å². The molecule has 0 saturated heterocycles. The molecule has 98 valence electrons. The Bertz CT molecular complexity index is 285. The summed E-state index contributed by atoms with van der Waals surface area (Å²) in [7, 11) is 0. The molecule has 0 radical (unpaired) electrons. The molecule has 0 aromatic carbocycles. The van der Waals surface area contributed by atoms with Gasteiger partial charge in [-0.2, -0.15) is 0 Å². The highest BCUT2D eigenvalue weighted by molar-refractivity contribution is 6.63. The summed E-state index contributed by atoms with van der Waals surface area (Å²) < 4.78 is 0. The number of carbonyl (C=O) groups is 1. The average molecular weight is 271 g/mol. The van der Waals surface area contributed by atoms with E-state index in [4.69, 9.17) is 11.6 Å². The van der Waals surface area contributed by atoms with Crippen LogP contribution in [-0.2, 0) is 14.5 Å². The van der Waals surface area contributed by atoms with Crippen LogP contribution in [0.15, 0.2) is 0 Å². The molecule has 0 N–H and O–H groups in total. The number of rotatable bonds is 10. The lowest BCUT2D eigenvalue weighted by Crippen LogP contribution is -2.24. The Labute approximate surface area is 101 Å². The van der Waals surface area contributed by atoms with E-state index in [1.165, 1.54) is 0 Å². The van der Waals surface area contributed by atoms with Gasteiger partial charge in [0.2, 0.25) is 5.24 Å². The van der Waals surface area contributed by atoms with Crippen LogP contribution in [0, 0.1) is 20.2 Å². The Hall–Kier alpha value is -1.64. The van der Waals surface area contributed by atoms with Gasteiger partial charge in [0.05, 0.1) is 0 Å². The molecule has 0 aromatic rings. The van der Waals surface area contributed by atoms with Gasteiger partial charge in [0, 0.05) is 6.42 Å². The smallest absolute Gasteiger partial charge is 0.294 e. The standard InChI is InChI=1S/C7H11ClN2O7/c8-7(11)4-2-1-3-6(17-10(14)15)5-16-9(12)13/h6H,1-5H2. The predicted octanol–water partition coefficient (Wildman–Crippen LogP) is 1.10. The highest BCUT2D eigenvalue weighted by Crippen LogP contribution is 2.09. The molecule has 0 aliphatic rings. The molecule has 1 unspecified atom stereocenters. The van der Waals surface area contributed by atoms with Gasteiger partial charge in [0.15, 0.2) is 0 Å². The Morgan fingerprint density at radius 1 is 1.24 bits per heavy atom. The fourth-order valence-corrected chi connectivity index (χ4v) is 1.20. The van der Waals surface area contributed by atoms with Crippen LogP contribution >= 0.6 is 11.6 Å². The summed E-state index contributed by atoms with van der Waals surface area (Å²) >= 11 is 5.09. The molecule has 0 spiro atoms. The number of hydrogen-bond acceptors (Lipinski definition) is 7. The molecule has 1 atom stereocenters.